The number of hydrogen-bond acceptors (Lipinski definition) is 3. The Morgan fingerprint density at radius 1 is 0.972 bits per heavy atom. The van der Waals surface area contributed by atoms with Crippen LogP contribution in [0.2, 0.25) is 0 Å². The van der Waals surface area contributed by atoms with Crippen molar-refractivity contribution in [2.24, 2.45) is 10.8 Å². The van der Waals surface area contributed by atoms with Crippen molar-refractivity contribution < 1.29 is 19.4 Å². The van der Waals surface area contributed by atoms with Gasteiger partial charge in [-0.25, -0.2) is 9.59 Å². The zero-order chi connectivity index (χ0) is 26.6. The maximum absolute atomic E-state index is 12.9. The maximum Gasteiger partial charge on any atom is 0.412 e. The fourth-order valence-corrected chi connectivity index (χ4v) is 6.16. The van der Waals surface area contributed by atoms with Crippen molar-refractivity contribution in [3.8, 4) is 5.75 Å². The fraction of sp³-hybridized carbons (Fsp3) is 0.733. The molecular formula is C30H50N2O4. The van der Waals surface area contributed by atoms with E-state index in [2.05, 4.69) is 51.3 Å². The Hall–Kier alpha value is -2.24. The van der Waals surface area contributed by atoms with Gasteiger partial charge in [-0.05, 0) is 73.0 Å². The molecule has 1 aliphatic carbocycles. The SMILES string of the molecule is CCCCCCc1cccc(OC(=O)NCC2(C)CC(NC(=O)O)CC(C)(C)C2)c1CCCCCC. The second kappa shape index (κ2) is 14.5. The summed E-state index contributed by atoms with van der Waals surface area (Å²) in [4.78, 5) is 24.1. The summed E-state index contributed by atoms with van der Waals surface area (Å²) in [5.41, 5.74) is 2.26. The van der Waals surface area contributed by atoms with Gasteiger partial charge in [0.15, 0.2) is 0 Å². The van der Waals surface area contributed by atoms with Crippen LogP contribution in [0.15, 0.2) is 18.2 Å². The molecule has 1 aromatic rings. The largest absolute Gasteiger partial charge is 0.465 e. The van der Waals surface area contributed by atoms with Crippen molar-refractivity contribution in [1.29, 1.82) is 0 Å². The molecule has 6 heteroatoms. The minimum atomic E-state index is -0.992. The Morgan fingerprint density at radius 3 is 2.28 bits per heavy atom. The molecule has 0 aliphatic heterocycles. The minimum Gasteiger partial charge on any atom is -0.465 e. The van der Waals surface area contributed by atoms with E-state index in [1.807, 2.05) is 12.1 Å². The minimum absolute atomic E-state index is 0.0104. The summed E-state index contributed by atoms with van der Waals surface area (Å²) in [6, 6.07) is 5.99. The number of carbonyl (C=O) groups excluding carboxylic acids is 1. The van der Waals surface area contributed by atoms with Crippen LogP contribution in [0.5, 0.6) is 5.75 Å². The highest BCUT2D eigenvalue weighted by atomic mass is 16.6. The molecule has 6 nitrogen and oxygen atoms in total. The molecule has 1 fully saturated rings. The van der Waals surface area contributed by atoms with E-state index in [1.54, 1.807) is 0 Å². The second-order valence-corrected chi connectivity index (χ2v) is 12.0. The van der Waals surface area contributed by atoms with Crippen LogP contribution in [0.25, 0.3) is 0 Å². The van der Waals surface area contributed by atoms with E-state index in [1.165, 1.54) is 49.7 Å². The van der Waals surface area contributed by atoms with E-state index in [4.69, 9.17) is 4.74 Å². The number of carboxylic acid groups (broad SMARTS) is 1. The van der Waals surface area contributed by atoms with E-state index in [0.717, 1.165) is 38.5 Å². The Balaban J connectivity index is 2.05. The topological polar surface area (TPSA) is 87.7 Å². The second-order valence-electron chi connectivity index (χ2n) is 12.0. The summed E-state index contributed by atoms with van der Waals surface area (Å²) < 4.78 is 5.89. The van der Waals surface area contributed by atoms with Crippen molar-refractivity contribution in [3.63, 3.8) is 0 Å². The summed E-state index contributed by atoms with van der Waals surface area (Å²) in [5.74, 6) is 0.677. The average Bonchev–Trinajstić information content (AvgIpc) is 2.77. The maximum atomic E-state index is 12.9. The van der Waals surface area contributed by atoms with Gasteiger partial charge in [-0.2, -0.15) is 0 Å². The molecule has 204 valence electrons. The molecule has 1 aromatic carbocycles. The first-order valence-electron chi connectivity index (χ1n) is 14.1. The molecular weight excluding hydrogens is 452 g/mol. The van der Waals surface area contributed by atoms with Crippen LogP contribution < -0.4 is 15.4 Å². The van der Waals surface area contributed by atoms with Crippen molar-refractivity contribution in [2.45, 2.75) is 124 Å². The molecule has 2 amide bonds. The van der Waals surface area contributed by atoms with Crippen LogP contribution in [0.1, 0.15) is 116 Å². The molecule has 0 heterocycles. The number of ether oxygens (including phenoxy) is 1. The molecule has 0 radical (unpaired) electrons. The Morgan fingerprint density at radius 2 is 1.64 bits per heavy atom. The smallest absolute Gasteiger partial charge is 0.412 e. The van der Waals surface area contributed by atoms with Crippen LogP contribution >= 0.6 is 0 Å². The third kappa shape index (κ3) is 10.4. The molecule has 1 saturated carbocycles. The normalized spacial score (nSPS) is 21.1. The van der Waals surface area contributed by atoms with Gasteiger partial charge in [-0.15, -0.1) is 0 Å². The summed E-state index contributed by atoms with van der Waals surface area (Å²) in [5, 5.41) is 14.9. The van der Waals surface area contributed by atoms with Gasteiger partial charge in [-0.3, -0.25) is 0 Å². The molecule has 0 bridgehead atoms. The zero-order valence-electron chi connectivity index (χ0n) is 23.4. The van der Waals surface area contributed by atoms with Gasteiger partial charge in [-0.1, -0.05) is 85.3 Å². The molecule has 2 rings (SSSR count). The Kier molecular flexibility index (Phi) is 12.1. The standard InChI is InChI=1S/C30H50N2O4/c1-6-8-10-12-15-23-16-14-18-26(25(23)17-13-11-9-7-2)36-28(35)31-22-30(5)20-24(32-27(33)34)19-29(3,4)21-30/h14,16,18,24,32H,6-13,15,17,19-22H2,1-5H3,(H,31,35)(H,33,34). The first-order chi connectivity index (χ1) is 17.1. The predicted octanol–water partition coefficient (Wildman–Crippen LogP) is 7.87. The van der Waals surface area contributed by atoms with E-state index in [-0.39, 0.29) is 16.9 Å². The van der Waals surface area contributed by atoms with Gasteiger partial charge in [0.05, 0.1) is 0 Å². The Bertz CT molecular complexity index is 838. The molecule has 1 aliphatic rings. The number of unbranched alkanes of at least 4 members (excludes halogenated alkanes) is 6. The van der Waals surface area contributed by atoms with Gasteiger partial charge in [0.25, 0.3) is 0 Å². The summed E-state index contributed by atoms with van der Waals surface area (Å²) in [6.45, 7) is 11.3. The quantitative estimate of drug-likeness (QED) is 0.226. The van der Waals surface area contributed by atoms with Crippen LogP contribution in [0.3, 0.4) is 0 Å². The predicted molar refractivity (Wildman–Crippen MR) is 147 cm³/mol. The zero-order valence-corrected chi connectivity index (χ0v) is 23.4. The molecule has 0 saturated heterocycles. The molecule has 2 unspecified atom stereocenters. The van der Waals surface area contributed by atoms with E-state index < -0.39 is 12.2 Å². The van der Waals surface area contributed by atoms with Gasteiger partial charge in [0, 0.05) is 12.6 Å². The summed E-state index contributed by atoms with van der Waals surface area (Å²) >= 11 is 0. The van der Waals surface area contributed by atoms with Gasteiger partial charge >= 0.3 is 12.2 Å². The van der Waals surface area contributed by atoms with E-state index >= 15 is 0 Å². The van der Waals surface area contributed by atoms with Crippen molar-refractivity contribution >= 4 is 12.2 Å². The fourth-order valence-electron chi connectivity index (χ4n) is 6.16. The highest BCUT2D eigenvalue weighted by molar-refractivity contribution is 5.71. The summed E-state index contributed by atoms with van der Waals surface area (Å²) in [7, 11) is 0. The van der Waals surface area contributed by atoms with Crippen molar-refractivity contribution in [1.82, 2.24) is 10.6 Å². The monoisotopic (exact) mass is 502 g/mol. The van der Waals surface area contributed by atoms with Crippen LogP contribution in [-0.4, -0.2) is 29.9 Å². The lowest BCUT2D eigenvalue weighted by Crippen LogP contribution is -2.50. The van der Waals surface area contributed by atoms with Crippen LogP contribution in [0.4, 0.5) is 9.59 Å². The van der Waals surface area contributed by atoms with Gasteiger partial charge in [0.1, 0.15) is 5.75 Å². The lowest BCUT2D eigenvalue weighted by molar-refractivity contribution is 0.0695. The number of nitrogens with one attached hydrogen (secondary N) is 2. The lowest BCUT2D eigenvalue weighted by atomic mass is 9.62. The van der Waals surface area contributed by atoms with Crippen LogP contribution in [0, 0.1) is 10.8 Å². The summed E-state index contributed by atoms with van der Waals surface area (Å²) in [6.07, 6.45) is 12.5. The van der Waals surface area contributed by atoms with E-state index in [9.17, 15) is 14.7 Å². The molecule has 0 aromatic heterocycles. The molecule has 0 spiro atoms. The number of rotatable bonds is 14. The number of benzene rings is 1. The first kappa shape index (κ1) is 30.0. The Labute approximate surface area is 219 Å². The third-order valence-corrected chi connectivity index (χ3v) is 7.44. The number of carbonyl (C=O) groups is 2. The highest BCUT2D eigenvalue weighted by Gasteiger charge is 2.42. The van der Waals surface area contributed by atoms with Crippen molar-refractivity contribution in [2.75, 3.05) is 6.54 Å². The average molecular weight is 503 g/mol. The molecule has 2 atom stereocenters. The highest BCUT2D eigenvalue weighted by Crippen LogP contribution is 2.45. The number of amides is 2. The van der Waals surface area contributed by atoms with E-state index in [0.29, 0.717) is 18.7 Å². The first-order valence-corrected chi connectivity index (χ1v) is 14.1. The number of aryl methyl sites for hydroxylation is 1. The number of hydrogen-bond donors (Lipinski definition) is 3. The molecule has 36 heavy (non-hydrogen) atoms. The lowest BCUT2D eigenvalue weighted by Gasteiger charge is -2.46. The third-order valence-electron chi connectivity index (χ3n) is 7.44. The van der Waals surface area contributed by atoms with Crippen LogP contribution in [-0.2, 0) is 12.8 Å². The van der Waals surface area contributed by atoms with Crippen molar-refractivity contribution in [3.05, 3.63) is 29.3 Å². The van der Waals surface area contributed by atoms with Gasteiger partial charge in [0.2, 0.25) is 0 Å². The van der Waals surface area contributed by atoms with Gasteiger partial charge < -0.3 is 20.5 Å². The molecule has 3 N–H and O–H groups in total.